The number of carboxylic acids is 3. The number of carbonyl (C=O) groups is 9. The third kappa shape index (κ3) is 16.3. The number of carboxylic acid groups (broad SMARTS) is 3. The number of amides is 6. The first-order valence-corrected chi connectivity index (χ1v) is 14.5. The van der Waals surface area contributed by atoms with E-state index in [1.807, 2.05) is 0 Å². The van der Waals surface area contributed by atoms with Crippen molar-refractivity contribution in [2.24, 2.45) is 11.7 Å². The lowest BCUT2D eigenvalue weighted by molar-refractivity contribution is -0.145. The fraction of sp³-hybridized carbons (Fsp3) is 0.667. The zero-order valence-electron chi connectivity index (χ0n) is 26.4. The molecule has 0 rings (SSSR count). The monoisotopic (exact) mass is 659 g/mol. The van der Waals surface area contributed by atoms with E-state index in [-0.39, 0.29) is 38.1 Å². The molecule has 6 amide bonds. The van der Waals surface area contributed by atoms with E-state index in [9.17, 15) is 53.4 Å². The van der Waals surface area contributed by atoms with Crippen molar-refractivity contribution in [3.8, 4) is 0 Å². The molecule has 0 aromatic heterocycles. The predicted molar refractivity (Wildman–Crippen MR) is 158 cm³/mol. The van der Waals surface area contributed by atoms with Crippen molar-refractivity contribution < 1.29 is 58.5 Å². The molecule has 0 aliphatic heterocycles. The molecule has 11 N–H and O–H groups in total. The predicted octanol–water partition coefficient (Wildman–Crippen LogP) is -3.23. The second-order valence-corrected chi connectivity index (χ2v) is 11.0. The standard InChI is InChI=1S/C27H45N7O12/c1-12(2)10-17(24(40)34-18(27(45)46)11-21(37)30-15(5)25(41)42)33-23(39)14(4)31-22(38)13(3)29-19(35)7-6-16(26(43)44)32-20(36)8-9-28/h12-18H,6-11,28H2,1-5H3,(H,29,35)(H,30,37)(H,31,38)(H,32,36)(H,33,39)(H,34,40)(H,41,42)(H,43,44)(H,45,46)/t13-,14+,15-,16+,17-,18+/m0/s1. The molecule has 0 bridgehead atoms. The van der Waals surface area contributed by atoms with Gasteiger partial charge < -0.3 is 53.0 Å². The molecule has 46 heavy (non-hydrogen) atoms. The van der Waals surface area contributed by atoms with Gasteiger partial charge in [0.05, 0.1) is 6.42 Å². The van der Waals surface area contributed by atoms with Crippen LogP contribution in [0.2, 0.25) is 0 Å². The maximum Gasteiger partial charge on any atom is 0.326 e. The van der Waals surface area contributed by atoms with Crippen LogP contribution in [0.3, 0.4) is 0 Å². The number of nitrogens with two attached hydrogens (primary N) is 1. The van der Waals surface area contributed by atoms with Crippen LogP contribution in [-0.4, -0.2) is 111 Å². The minimum absolute atomic E-state index is 0.00953. The van der Waals surface area contributed by atoms with E-state index in [4.69, 9.17) is 10.8 Å². The minimum atomic E-state index is -1.74. The zero-order chi connectivity index (χ0) is 35.7. The Morgan fingerprint density at radius 3 is 1.50 bits per heavy atom. The molecule has 0 spiro atoms. The summed E-state index contributed by atoms with van der Waals surface area (Å²) in [5, 5.41) is 41.3. The summed E-state index contributed by atoms with van der Waals surface area (Å²) in [4.78, 5) is 108. The van der Waals surface area contributed by atoms with Gasteiger partial charge in [0.25, 0.3) is 0 Å². The van der Waals surface area contributed by atoms with Crippen molar-refractivity contribution in [2.75, 3.05) is 6.54 Å². The average Bonchev–Trinajstić information content (AvgIpc) is 2.93. The highest BCUT2D eigenvalue weighted by Crippen LogP contribution is 2.07. The molecule has 0 aromatic rings. The second kappa shape index (κ2) is 20.3. The lowest BCUT2D eigenvalue weighted by Crippen LogP contribution is -2.57. The van der Waals surface area contributed by atoms with Crippen molar-refractivity contribution in [3.05, 3.63) is 0 Å². The van der Waals surface area contributed by atoms with Gasteiger partial charge in [-0.05, 0) is 39.5 Å². The van der Waals surface area contributed by atoms with Crippen LogP contribution in [0.15, 0.2) is 0 Å². The number of hydrogen-bond donors (Lipinski definition) is 10. The van der Waals surface area contributed by atoms with Crippen LogP contribution in [0.5, 0.6) is 0 Å². The lowest BCUT2D eigenvalue weighted by Gasteiger charge is -2.25. The van der Waals surface area contributed by atoms with Crippen LogP contribution in [0.1, 0.15) is 66.7 Å². The van der Waals surface area contributed by atoms with Crippen molar-refractivity contribution in [1.82, 2.24) is 31.9 Å². The van der Waals surface area contributed by atoms with E-state index in [1.165, 1.54) is 20.8 Å². The van der Waals surface area contributed by atoms with E-state index >= 15 is 0 Å². The van der Waals surface area contributed by atoms with E-state index in [0.29, 0.717) is 0 Å². The smallest absolute Gasteiger partial charge is 0.326 e. The first-order valence-electron chi connectivity index (χ1n) is 14.5. The molecule has 0 radical (unpaired) electrons. The molecule has 19 heteroatoms. The summed E-state index contributed by atoms with van der Waals surface area (Å²) >= 11 is 0. The maximum atomic E-state index is 12.9. The fourth-order valence-electron chi connectivity index (χ4n) is 3.73. The third-order valence-electron chi connectivity index (χ3n) is 6.28. The molecular weight excluding hydrogens is 614 g/mol. The number of nitrogens with one attached hydrogen (secondary N) is 6. The molecule has 260 valence electrons. The topological polar surface area (TPSA) is 313 Å². The van der Waals surface area contributed by atoms with Gasteiger partial charge in [-0.25, -0.2) is 9.59 Å². The second-order valence-electron chi connectivity index (χ2n) is 11.0. The van der Waals surface area contributed by atoms with E-state index in [0.717, 1.165) is 0 Å². The molecule has 0 aliphatic rings. The van der Waals surface area contributed by atoms with Gasteiger partial charge >= 0.3 is 17.9 Å². The SMILES string of the molecule is CC(C)C[C@H](NC(=O)[C@@H](C)NC(=O)[C@H](C)NC(=O)CC[C@@H](NC(=O)CCN)C(=O)O)C(=O)N[C@H](CC(=O)N[C@@H](C)C(=O)O)C(=O)O. The van der Waals surface area contributed by atoms with Crippen LogP contribution < -0.4 is 37.6 Å². The van der Waals surface area contributed by atoms with Gasteiger partial charge in [-0.3, -0.25) is 33.6 Å². The minimum Gasteiger partial charge on any atom is -0.480 e. The molecular formula is C27H45N7O12. The van der Waals surface area contributed by atoms with Crippen molar-refractivity contribution in [1.29, 1.82) is 0 Å². The molecule has 19 nitrogen and oxygen atoms in total. The van der Waals surface area contributed by atoms with Crippen LogP contribution >= 0.6 is 0 Å². The average molecular weight is 660 g/mol. The molecule has 6 atom stereocenters. The molecule has 0 unspecified atom stereocenters. The summed E-state index contributed by atoms with van der Waals surface area (Å²) in [6, 6.07) is -8.07. The summed E-state index contributed by atoms with van der Waals surface area (Å²) in [5.41, 5.74) is 5.26. The van der Waals surface area contributed by atoms with Gasteiger partial charge in [0, 0.05) is 19.4 Å². The normalized spacial score (nSPS) is 14.7. The Labute approximate surface area is 265 Å². The van der Waals surface area contributed by atoms with Crippen LogP contribution in [0, 0.1) is 5.92 Å². The van der Waals surface area contributed by atoms with Gasteiger partial charge in [-0.2, -0.15) is 0 Å². The Morgan fingerprint density at radius 1 is 0.522 bits per heavy atom. The first kappa shape index (κ1) is 41.2. The molecule has 0 saturated carbocycles. The van der Waals surface area contributed by atoms with Crippen molar-refractivity contribution in [2.45, 2.75) is 103 Å². The number of rotatable bonds is 21. The quantitative estimate of drug-likeness (QED) is 0.0580. The van der Waals surface area contributed by atoms with Gasteiger partial charge in [0.2, 0.25) is 35.4 Å². The molecule has 0 fully saturated rings. The largest absolute Gasteiger partial charge is 0.480 e. The van der Waals surface area contributed by atoms with Crippen LogP contribution in [0.25, 0.3) is 0 Å². The number of carbonyl (C=O) groups excluding carboxylic acids is 6. The van der Waals surface area contributed by atoms with E-state index in [2.05, 4.69) is 31.9 Å². The Morgan fingerprint density at radius 2 is 1.00 bits per heavy atom. The van der Waals surface area contributed by atoms with Crippen LogP contribution in [-0.2, 0) is 43.2 Å². The summed E-state index contributed by atoms with van der Waals surface area (Å²) in [6.07, 6.45) is -1.45. The zero-order valence-corrected chi connectivity index (χ0v) is 26.4. The third-order valence-corrected chi connectivity index (χ3v) is 6.28. The van der Waals surface area contributed by atoms with Crippen molar-refractivity contribution >= 4 is 53.4 Å². The van der Waals surface area contributed by atoms with E-state index in [1.54, 1.807) is 13.8 Å². The highest BCUT2D eigenvalue weighted by Gasteiger charge is 2.31. The highest BCUT2D eigenvalue weighted by atomic mass is 16.4. The van der Waals surface area contributed by atoms with Gasteiger partial charge in [0.1, 0.15) is 36.3 Å². The summed E-state index contributed by atoms with van der Waals surface area (Å²) in [6.45, 7) is 7.23. The van der Waals surface area contributed by atoms with Crippen molar-refractivity contribution in [3.63, 3.8) is 0 Å². The van der Waals surface area contributed by atoms with Gasteiger partial charge in [-0.1, -0.05) is 13.8 Å². The molecule has 0 saturated heterocycles. The Bertz CT molecular complexity index is 1150. The highest BCUT2D eigenvalue weighted by molar-refractivity contribution is 5.95. The number of hydrogen-bond acceptors (Lipinski definition) is 10. The van der Waals surface area contributed by atoms with Gasteiger partial charge in [0.15, 0.2) is 0 Å². The maximum absolute atomic E-state index is 12.9. The number of aliphatic carboxylic acids is 3. The molecule has 0 aromatic carbocycles. The van der Waals surface area contributed by atoms with Gasteiger partial charge in [-0.15, -0.1) is 0 Å². The molecule has 0 aliphatic carbocycles. The van der Waals surface area contributed by atoms with E-state index < -0.39 is 96.0 Å². The summed E-state index contributed by atoms with van der Waals surface area (Å²) < 4.78 is 0. The Balaban J connectivity index is 5.21. The summed E-state index contributed by atoms with van der Waals surface area (Å²) in [7, 11) is 0. The molecule has 0 heterocycles. The van der Waals surface area contributed by atoms with Crippen LogP contribution in [0.4, 0.5) is 0 Å². The fourth-order valence-corrected chi connectivity index (χ4v) is 3.73. The Kier molecular flexibility index (Phi) is 18.1. The Hall–Kier alpha value is -4.81. The lowest BCUT2D eigenvalue weighted by atomic mass is 10.0. The summed E-state index contributed by atoms with van der Waals surface area (Å²) in [5.74, 6) is -9.26. The first-order chi connectivity index (χ1) is 21.3.